The summed E-state index contributed by atoms with van der Waals surface area (Å²) in [5.41, 5.74) is 4.03. The first-order valence-electron chi connectivity index (χ1n) is 5.59. The van der Waals surface area contributed by atoms with Crippen molar-refractivity contribution in [1.29, 1.82) is 0 Å². The average Bonchev–Trinajstić information content (AvgIpc) is 2.40. The van der Waals surface area contributed by atoms with Gasteiger partial charge in [-0.05, 0) is 35.2 Å². The standard InChI is InChI=1S/C15H15BrO/c1-17-15-8-6-12(7-9-15)10-13-4-2-3-5-14(13)11-16/h2-9H,10-11H2,1H3. The van der Waals surface area contributed by atoms with E-state index in [9.17, 15) is 0 Å². The summed E-state index contributed by atoms with van der Waals surface area (Å²) in [4.78, 5) is 0. The van der Waals surface area contributed by atoms with E-state index in [4.69, 9.17) is 4.74 Å². The zero-order valence-electron chi connectivity index (χ0n) is 9.82. The molecule has 0 N–H and O–H groups in total. The van der Waals surface area contributed by atoms with Crippen LogP contribution in [0, 0.1) is 0 Å². The monoisotopic (exact) mass is 290 g/mol. The molecule has 2 rings (SSSR count). The van der Waals surface area contributed by atoms with Crippen LogP contribution in [0.4, 0.5) is 0 Å². The lowest BCUT2D eigenvalue weighted by atomic mass is 10.0. The molecule has 0 heterocycles. The molecule has 0 amide bonds. The minimum Gasteiger partial charge on any atom is -0.497 e. The normalized spacial score (nSPS) is 10.2. The Kier molecular flexibility index (Phi) is 4.21. The number of hydrogen-bond acceptors (Lipinski definition) is 1. The molecule has 0 aromatic heterocycles. The van der Waals surface area contributed by atoms with Crippen molar-refractivity contribution in [2.45, 2.75) is 11.8 Å². The van der Waals surface area contributed by atoms with Gasteiger partial charge < -0.3 is 4.74 Å². The smallest absolute Gasteiger partial charge is 0.118 e. The largest absolute Gasteiger partial charge is 0.497 e. The summed E-state index contributed by atoms with van der Waals surface area (Å²) < 4.78 is 5.16. The van der Waals surface area contributed by atoms with Gasteiger partial charge in [-0.1, -0.05) is 52.3 Å². The summed E-state index contributed by atoms with van der Waals surface area (Å²) >= 11 is 3.52. The molecule has 2 aromatic carbocycles. The van der Waals surface area contributed by atoms with E-state index in [-0.39, 0.29) is 0 Å². The number of halogens is 1. The number of ether oxygens (including phenoxy) is 1. The van der Waals surface area contributed by atoms with Crippen molar-refractivity contribution < 1.29 is 4.74 Å². The first-order valence-corrected chi connectivity index (χ1v) is 6.71. The lowest BCUT2D eigenvalue weighted by Gasteiger charge is -2.07. The van der Waals surface area contributed by atoms with Gasteiger partial charge in [0, 0.05) is 5.33 Å². The Morgan fingerprint density at radius 2 is 1.59 bits per heavy atom. The van der Waals surface area contributed by atoms with Gasteiger partial charge in [0.25, 0.3) is 0 Å². The molecule has 0 aliphatic carbocycles. The molecule has 0 saturated carbocycles. The first-order chi connectivity index (χ1) is 8.33. The fraction of sp³-hybridized carbons (Fsp3) is 0.200. The molecule has 0 bridgehead atoms. The second-order valence-corrected chi connectivity index (χ2v) is 4.49. The molecule has 2 heteroatoms. The molecule has 17 heavy (non-hydrogen) atoms. The number of rotatable bonds is 4. The van der Waals surface area contributed by atoms with Crippen LogP contribution in [-0.2, 0) is 11.8 Å². The summed E-state index contributed by atoms with van der Waals surface area (Å²) in [6.45, 7) is 0. The van der Waals surface area contributed by atoms with E-state index < -0.39 is 0 Å². The summed E-state index contributed by atoms with van der Waals surface area (Å²) in [7, 11) is 1.69. The van der Waals surface area contributed by atoms with Crippen LogP contribution in [0.5, 0.6) is 5.75 Å². The lowest BCUT2D eigenvalue weighted by molar-refractivity contribution is 0.414. The van der Waals surface area contributed by atoms with Gasteiger partial charge in [-0.25, -0.2) is 0 Å². The van der Waals surface area contributed by atoms with Gasteiger partial charge in [0.05, 0.1) is 7.11 Å². The Bertz CT molecular complexity index is 477. The second kappa shape index (κ2) is 5.87. The van der Waals surface area contributed by atoms with Gasteiger partial charge in [-0.15, -0.1) is 0 Å². The predicted octanol–water partition coefficient (Wildman–Crippen LogP) is 4.18. The molecule has 0 spiro atoms. The zero-order chi connectivity index (χ0) is 12.1. The Morgan fingerprint density at radius 1 is 0.941 bits per heavy atom. The lowest BCUT2D eigenvalue weighted by Crippen LogP contribution is -1.93. The third kappa shape index (κ3) is 3.10. The van der Waals surface area contributed by atoms with Gasteiger partial charge in [0.1, 0.15) is 5.75 Å². The van der Waals surface area contributed by atoms with E-state index >= 15 is 0 Å². The minimum atomic E-state index is 0.902. The highest BCUT2D eigenvalue weighted by atomic mass is 79.9. The molecular formula is C15H15BrO. The van der Waals surface area contributed by atoms with Crippen molar-refractivity contribution in [1.82, 2.24) is 0 Å². The van der Waals surface area contributed by atoms with Crippen LogP contribution in [-0.4, -0.2) is 7.11 Å². The average molecular weight is 291 g/mol. The molecular weight excluding hydrogens is 276 g/mol. The maximum Gasteiger partial charge on any atom is 0.118 e. The fourth-order valence-corrected chi connectivity index (χ4v) is 2.37. The Morgan fingerprint density at radius 3 is 2.18 bits per heavy atom. The quantitative estimate of drug-likeness (QED) is 0.768. The van der Waals surface area contributed by atoms with Crippen LogP contribution < -0.4 is 4.74 Å². The zero-order valence-corrected chi connectivity index (χ0v) is 11.4. The van der Waals surface area contributed by atoms with Gasteiger partial charge in [0.2, 0.25) is 0 Å². The van der Waals surface area contributed by atoms with Gasteiger partial charge in [-0.3, -0.25) is 0 Å². The molecule has 0 saturated heterocycles. The molecule has 0 atom stereocenters. The minimum absolute atomic E-state index is 0.902. The van der Waals surface area contributed by atoms with Crippen molar-refractivity contribution in [2.24, 2.45) is 0 Å². The van der Waals surface area contributed by atoms with E-state index in [1.165, 1.54) is 16.7 Å². The summed E-state index contributed by atoms with van der Waals surface area (Å²) in [6, 6.07) is 16.7. The second-order valence-electron chi connectivity index (χ2n) is 3.93. The molecule has 2 aromatic rings. The van der Waals surface area contributed by atoms with E-state index in [2.05, 4.69) is 52.3 Å². The first kappa shape index (κ1) is 12.2. The van der Waals surface area contributed by atoms with Gasteiger partial charge in [0.15, 0.2) is 0 Å². The molecule has 88 valence electrons. The summed E-state index contributed by atoms with van der Waals surface area (Å²) in [5, 5.41) is 0.902. The number of benzene rings is 2. The molecule has 0 aliphatic heterocycles. The highest BCUT2D eigenvalue weighted by Gasteiger charge is 2.02. The van der Waals surface area contributed by atoms with E-state index in [0.717, 1.165) is 17.5 Å². The summed E-state index contributed by atoms with van der Waals surface area (Å²) in [5.74, 6) is 0.905. The highest BCUT2D eigenvalue weighted by molar-refractivity contribution is 9.08. The number of alkyl halides is 1. The van der Waals surface area contributed by atoms with Crippen LogP contribution in [0.15, 0.2) is 48.5 Å². The Hall–Kier alpha value is -1.28. The van der Waals surface area contributed by atoms with Crippen LogP contribution in [0.2, 0.25) is 0 Å². The van der Waals surface area contributed by atoms with Crippen molar-refractivity contribution in [3.8, 4) is 5.75 Å². The maximum atomic E-state index is 5.16. The number of methoxy groups -OCH3 is 1. The highest BCUT2D eigenvalue weighted by Crippen LogP contribution is 2.18. The van der Waals surface area contributed by atoms with E-state index in [1.54, 1.807) is 7.11 Å². The van der Waals surface area contributed by atoms with E-state index in [0.29, 0.717) is 0 Å². The van der Waals surface area contributed by atoms with Crippen molar-refractivity contribution >= 4 is 15.9 Å². The molecule has 0 fully saturated rings. The van der Waals surface area contributed by atoms with E-state index in [1.807, 2.05) is 12.1 Å². The fourth-order valence-electron chi connectivity index (χ4n) is 1.82. The molecule has 0 aliphatic rings. The maximum absolute atomic E-state index is 5.16. The number of hydrogen-bond donors (Lipinski definition) is 0. The Labute approximate surface area is 111 Å². The van der Waals surface area contributed by atoms with Crippen molar-refractivity contribution in [3.05, 3.63) is 65.2 Å². The van der Waals surface area contributed by atoms with Crippen LogP contribution >= 0.6 is 15.9 Å². The van der Waals surface area contributed by atoms with Crippen LogP contribution in [0.3, 0.4) is 0 Å². The SMILES string of the molecule is COc1ccc(Cc2ccccc2CBr)cc1. The molecule has 1 nitrogen and oxygen atoms in total. The van der Waals surface area contributed by atoms with Crippen molar-refractivity contribution in [3.63, 3.8) is 0 Å². The molecule has 0 radical (unpaired) electrons. The third-order valence-corrected chi connectivity index (χ3v) is 3.42. The summed E-state index contributed by atoms with van der Waals surface area (Å²) in [6.07, 6.45) is 0.964. The topological polar surface area (TPSA) is 9.23 Å². The third-order valence-electron chi connectivity index (χ3n) is 2.82. The Balaban J connectivity index is 2.19. The van der Waals surface area contributed by atoms with Crippen molar-refractivity contribution in [2.75, 3.05) is 7.11 Å². The van der Waals surface area contributed by atoms with Gasteiger partial charge in [-0.2, -0.15) is 0 Å². The predicted molar refractivity (Wildman–Crippen MR) is 74.9 cm³/mol. The van der Waals surface area contributed by atoms with Gasteiger partial charge >= 0.3 is 0 Å². The van der Waals surface area contributed by atoms with Crippen LogP contribution in [0.25, 0.3) is 0 Å². The molecule has 0 unspecified atom stereocenters. The van der Waals surface area contributed by atoms with Crippen LogP contribution in [0.1, 0.15) is 16.7 Å².